The Balaban J connectivity index is 1.55. The van der Waals surface area contributed by atoms with Gasteiger partial charge in [-0.3, -0.25) is 0 Å². The summed E-state index contributed by atoms with van der Waals surface area (Å²) in [5.74, 6) is 3.04. The number of nitrogens with one attached hydrogen (secondary N) is 2. The first kappa shape index (κ1) is 15.8. The van der Waals surface area contributed by atoms with E-state index >= 15 is 0 Å². The van der Waals surface area contributed by atoms with Gasteiger partial charge in [-0.2, -0.15) is 0 Å². The summed E-state index contributed by atoms with van der Waals surface area (Å²) in [6.07, 6.45) is 8.48. The highest BCUT2D eigenvalue weighted by atomic mass is 32.2. The van der Waals surface area contributed by atoms with Crippen molar-refractivity contribution in [3.05, 3.63) is 0 Å². The molecule has 21 heavy (non-hydrogen) atoms. The third-order valence-electron chi connectivity index (χ3n) is 6.19. The molecule has 4 fully saturated rings. The lowest BCUT2D eigenvalue weighted by Crippen LogP contribution is -2.55. The Morgan fingerprint density at radius 3 is 2.10 bits per heavy atom. The van der Waals surface area contributed by atoms with Crippen molar-refractivity contribution in [2.75, 3.05) is 18.8 Å². The van der Waals surface area contributed by atoms with Gasteiger partial charge in [-0.05, 0) is 68.6 Å². The lowest BCUT2D eigenvalue weighted by Gasteiger charge is -2.59. The molecule has 1 atom stereocenters. The molecule has 4 aliphatic carbocycles. The van der Waals surface area contributed by atoms with E-state index in [1.807, 2.05) is 6.92 Å². The van der Waals surface area contributed by atoms with Crippen LogP contribution < -0.4 is 10.0 Å². The van der Waals surface area contributed by atoms with Gasteiger partial charge in [0.1, 0.15) is 0 Å². The topological polar surface area (TPSA) is 58.2 Å². The second-order valence-corrected chi connectivity index (χ2v) is 9.70. The van der Waals surface area contributed by atoms with Gasteiger partial charge in [0.2, 0.25) is 10.0 Å². The molecule has 0 heterocycles. The Morgan fingerprint density at radius 1 is 1.10 bits per heavy atom. The van der Waals surface area contributed by atoms with Gasteiger partial charge < -0.3 is 5.32 Å². The molecule has 0 radical (unpaired) electrons. The Labute approximate surface area is 129 Å². The van der Waals surface area contributed by atoms with Gasteiger partial charge in [0.25, 0.3) is 0 Å². The van der Waals surface area contributed by atoms with Crippen molar-refractivity contribution in [1.29, 1.82) is 0 Å². The Kier molecular flexibility index (Phi) is 4.37. The molecule has 0 aliphatic heterocycles. The van der Waals surface area contributed by atoms with Crippen molar-refractivity contribution in [3.63, 3.8) is 0 Å². The summed E-state index contributed by atoms with van der Waals surface area (Å²) in [7, 11) is -3.10. The van der Waals surface area contributed by atoms with E-state index in [4.69, 9.17) is 0 Å². The maximum absolute atomic E-state index is 11.7. The number of hydrogen-bond donors (Lipinski definition) is 2. The van der Waals surface area contributed by atoms with Gasteiger partial charge in [-0.1, -0.05) is 6.92 Å². The maximum Gasteiger partial charge on any atom is 0.212 e. The third kappa shape index (κ3) is 3.30. The van der Waals surface area contributed by atoms with E-state index in [0.29, 0.717) is 24.5 Å². The molecular weight excluding hydrogens is 284 g/mol. The van der Waals surface area contributed by atoms with Gasteiger partial charge >= 0.3 is 0 Å². The summed E-state index contributed by atoms with van der Waals surface area (Å²) in [6.45, 7) is 5.15. The number of sulfonamides is 1. The van der Waals surface area contributed by atoms with E-state index in [1.165, 1.54) is 38.5 Å². The minimum Gasteiger partial charge on any atom is -0.313 e. The molecule has 0 spiro atoms. The minimum atomic E-state index is -3.10. The van der Waals surface area contributed by atoms with Crippen LogP contribution in [0.1, 0.15) is 52.4 Å². The summed E-state index contributed by atoms with van der Waals surface area (Å²) in [5, 5.41) is 3.53. The summed E-state index contributed by atoms with van der Waals surface area (Å²) in [5.41, 5.74) is 0.455. The Hall–Kier alpha value is -0.130. The van der Waals surface area contributed by atoms with Crippen LogP contribution in [0.5, 0.6) is 0 Å². The first-order valence-corrected chi connectivity index (χ1v) is 10.3. The van der Waals surface area contributed by atoms with Crippen molar-refractivity contribution in [3.8, 4) is 0 Å². The second kappa shape index (κ2) is 5.82. The molecule has 0 aromatic rings. The maximum atomic E-state index is 11.7. The van der Waals surface area contributed by atoms with Gasteiger partial charge in [0.15, 0.2) is 0 Å². The first-order chi connectivity index (χ1) is 9.92. The van der Waals surface area contributed by atoms with Crippen molar-refractivity contribution in [2.45, 2.75) is 58.4 Å². The molecule has 4 bridgehead atoms. The summed E-state index contributed by atoms with van der Waals surface area (Å²) in [4.78, 5) is 0. The van der Waals surface area contributed by atoms with Crippen LogP contribution in [0.25, 0.3) is 0 Å². The van der Waals surface area contributed by atoms with Crippen molar-refractivity contribution in [1.82, 2.24) is 10.0 Å². The SMILES string of the molecule is CCNS(=O)(=O)CCNC(C)C12CC3CC(CC(C3)C1)C2. The molecule has 122 valence electrons. The molecule has 0 aromatic heterocycles. The molecule has 1 unspecified atom stereocenters. The highest BCUT2D eigenvalue weighted by Crippen LogP contribution is 2.61. The van der Waals surface area contributed by atoms with E-state index in [1.54, 1.807) is 0 Å². The second-order valence-electron chi connectivity index (χ2n) is 7.77. The predicted molar refractivity (Wildman–Crippen MR) is 85.5 cm³/mol. The zero-order valence-corrected chi connectivity index (χ0v) is 14.2. The molecule has 2 N–H and O–H groups in total. The van der Waals surface area contributed by atoms with Crippen molar-refractivity contribution in [2.24, 2.45) is 23.2 Å². The zero-order valence-electron chi connectivity index (χ0n) is 13.4. The van der Waals surface area contributed by atoms with Crippen LogP contribution in [0.4, 0.5) is 0 Å². The summed E-state index contributed by atoms with van der Waals surface area (Å²) < 4.78 is 26.0. The van der Waals surface area contributed by atoms with E-state index in [-0.39, 0.29) is 5.75 Å². The van der Waals surface area contributed by atoms with Gasteiger partial charge in [-0.15, -0.1) is 0 Å². The van der Waals surface area contributed by atoms with E-state index in [0.717, 1.165) is 17.8 Å². The minimum absolute atomic E-state index is 0.192. The lowest BCUT2D eigenvalue weighted by atomic mass is 9.48. The molecule has 4 rings (SSSR count). The molecule has 4 aliphatic rings. The quantitative estimate of drug-likeness (QED) is 0.757. The van der Waals surface area contributed by atoms with Crippen LogP contribution in [-0.4, -0.2) is 33.3 Å². The summed E-state index contributed by atoms with van der Waals surface area (Å²) >= 11 is 0. The smallest absolute Gasteiger partial charge is 0.212 e. The molecule has 4 saturated carbocycles. The number of hydrogen-bond acceptors (Lipinski definition) is 3. The standard InChI is InChI=1S/C16H30N2O2S/c1-3-18-21(19,20)5-4-17-12(2)16-9-13-6-14(10-16)8-15(7-13)11-16/h12-15,17-18H,3-11H2,1-2H3. The van der Waals surface area contributed by atoms with Crippen LogP contribution in [0.3, 0.4) is 0 Å². The van der Waals surface area contributed by atoms with E-state index < -0.39 is 10.0 Å². The van der Waals surface area contributed by atoms with Gasteiger partial charge in [0, 0.05) is 19.1 Å². The Bertz CT molecular complexity index is 439. The van der Waals surface area contributed by atoms with Crippen LogP contribution in [-0.2, 0) is 10.0 Å². The lowest BCUT2D eigenvalue weighted by molar-refractivity contribution is -0.0700. The van der Waals surface area contributed by atoms with Crippen LogP contribution >= 0.6 is 0 Å². The fourth-order valence-corrected chi connectivity index (χ4v) is 6.60. The molecular formula is C16H30N2O2S. The average Bonchev–Trinajstić information content (AvgIpc) is 2.36. The highest BCUT2D eigenvalue weighted by molar-refractivity contribution is 7.89. The third-order valence-corrected chi connectivity index (χ3v) is 7.66. The Morgan fingerprint density at radius 2 is 1.62 bits per heavy atom. The monoisotopic (exact) mass is 314 g/mol. The van der Waals surface area contributed by atoms with Gasteiger partial charge in [0.05, 0.1) is 5.75 Å². The summed E-state index contributed by atoms with van der Waals surface area (Å²) in [6, 6.07) is 0.447. The fourth-order valence-electron chi connectivity index (χ4n) is 5.63. The molecule has 0 amide bonds. The first-order valence-electron chi connectivity index (χ1n) is 8.63. The van der Waals surface area contributed by atoms with Gasteiger partial charge in [-0.25, -0.2) is 13.1 Å². The van der Waals surface area contributed by atoms with Crippen LogP contribution in [0, 0.1) is 23.2 Å². The fraction of sp³-hybridized carbons (Fsp3) is 1.00. The zero-order chi connectivity index (χ0) is 15.1. The van der Waals surface area contributed by atoms with Crippen molar-refractivity contribution >= 4 is 10.0 Å². The molecule has 0 saturated heterocycles. The predicted octanol–water partition coefficient (Wildman–Crippen LogP) is 2.12. The molecule has 0 aromatic carbocycles. The van der Waals surface area contributed by atoms with Crippen molar-refractivity contribution < 1.29 is 8.42 Å². The van der Waals surface area contributed by atoms with E-state index in [2.05, 4.69) is 17.0 Å². The molecule has 5 heteroatoms. The van der Waals surface area contributed by atoms with Crippen LogP contribution in [0.15, 0.2) is 0 Å². The number of rotatable bonds is 7. The largest absolute Gasteiger partial charge is 0.313 e. The molecule has 4 nitrogen and oxygen atoms in total. The average molecular weight is 314 g/mol. The van der Waals surface area contributed by atoms with E-state index in [9.17, 15) is 8.42 Å². The highest BCUT2D eigenvalue weighted by Gasteiger charge is 2.52. The van der Waals surface area contributed by atoms with Crippen LogP contribution in [0.2, 0.25) is 0 Å². The normalized spacial score (nSPS) is 39.6.